The average molecular weight is 234 g/mol. The first kappa shape index (κ1) is 9.64. The van der Waals surface area contributed by atoms with E-state index in [1.54, 1.807) is 12.1 Å². The standard InChI is InChI=1S/C8H9BrFNO/c9-6-3-1-2-5(8(6)10)7(12)4-11/h1-3,7,12H,4,11H2/t7-/m1/s1. The van der Waals surface area contributed by atoms with Gasteiger partial charge in [0.25, 0.3) is 0 Å². The van der Waals surface area contributed by atoms with Gasteiger partial charge >= 0.3 is 0 Å². The Morgan fingerprint density at radius 2 is 2.25 bits per heavy atom. The van der Waals surface area contributed by atoms with Crippen LogP contribution in [0.2, 0.25) is 0 Å². The van der Waals surface area contributed by atoms with Gasteiger partial charge in [0.1, 0.15) is 5.82 Å². The lowest BCUT2D eigenvalue weighted by Gasteiger charge is -2.09. The van der Waals surface area contributed by atoms with E-state index in [9.17, 15) is 9.50 Å². The Kier molecular flexibility index (Phi) is 3.20. The van der Waals surface area contributed by atoms with Crippen molar-refractivity contribution in [3.05, 3.63) is 34.1 Å². The van der Waals surface area contributed by atoms with Crippen LogP contribution in [-0.2, 0) is 0 Å². The molecule has 0 amide bonds. The summed E-state index contributed by atoms with van der Waals surface area (Å²) in [6.45, 7) is 0.0212. The first-order valence-electron chi connectivity index (χ1n) is 3.49. The van der Waals surface area contributed by atoms with Gasteiger partial charge in [-0.25, -0.2) is 4.39 Å². The molecule has 0 fully saturated rings. The van der Waals surface area contributed by atoms with Crippen molar-refractivity contribution >= 4 is 15.9 Å². The molecule has 0 heterocycles. The number of benzene rings is 1. The van der Waals surface area contributed by atoms with Crippen molar-refractivity contribution in [2.45, 2.75) is 6.10 Å². The van der Waals surface area contributed by atoms with Crippen molar-refractivity contribution in [1.82, 2.24) is 0 Å². The second kappa shape index (κ2) is 3.98. The van der Waals surface area contributed by atoms with Crippen LogP contribution in [0, 0.1) is 5.82 Å². The lowest BCUT2D eigenvalue weighted by atomic mass is 10.1. The molecule has 4 heteroatoms. The highest BCUT2D eigenvalue weighted by molar-refractivity contribution is 9.10. The Morgan fingerprint density at radius 3 is 2.83 bits per heavy atom. The van der Waals surface area contributed by atoms with Gasteiger partial charge in [-0.3, -0.25) is 0 Å². The lowest BCUT2D eigenvalue weighted by molar-refractivity contribution is 0.181. The van der Waals surface area contributed by atoms with Crippen LogP contribution in [-0.4, -0.2) is 11.7 Å². The molecule has 0 radical (unpaired) electrons. The lowest BCUT2D eigenvalue weighted by Crippen LogP contribution is -2.13. The van der Waals surface area contributed by atoms with E-state index in [1.807, 2.05) is 0 Å². The molecule has 2 nitrogen and oxygen atoms in total. The Labute approximate surface area is 78.3 Å². The minimum atomic E-state index is -0.928. The number of aliphatic hydroxyl groups excluding tert-OH is 1. The quantitative estimate of drug-likeness (QED) is 0.815. The molecule has 0 unspecified atom stereocenters. The molecule has 0 aliphatic rings. The van der Waals surface area contributed by atoms with Crippen LogP contribution >= 0.6 is 15.9 Å². The van der Waals surface area contributed by atoms with Crippen molar-refractivity contribution in [2.75, 3.05) is 6.54 Å². The van der Waals surface area contributed by atoms with Gasteiger partial charge < -0.3 is 10.8 Å². The monoisotopic (exact) mass is 233 g/mol. The van der Waals surface area contributed by atoms with E-state index in [2.05, 4.69) is 15.9 Å². The van der Waals surface area contributed by atoms with E-state index >= 15 is 0 Å². The highest BCUT2D eigenvalue weighted by Crippen LogP contribution is 2.22. The second-order valence-electron chi connectivity index (χ2n) is 2.39. The summed E-state index contributed by atoms with van der Waals surface area (Å²) >= 11 is 3.02. The number of hydrogen-bond acceptors (Lipinski definition) is 2. The minimum Gasteiger partial charge on any atom is -0.387 e. The Morgan fingerprint density at radius 1 is 1.58 bits per heavy atom. The smallest absolute Gasteiger partial charge is 0.143 e. The number of rotatable bonds is 2. The molecule has 0 aliphatic heterocycles. The van der Waals surface area contributed by atoms with Crippen LogP contribution in [0.25, 0.3) is 0 Å². The van der Waals surface area contributed by atoms with Gasteiger partial charge in [-0.1, -0.05) is 12.1 Å². The normalized spacial score (nSPS) is 13.0. The summed E-state index contributed by atoms with van der Waals surface area (Å²) in [5.41, 5.74) is 5.42. The summed E-state index contributed by atoms with van der Waals surface area (Å²) in [7, 11) is 0. The molecular formula is C8H9BrFNO. The van der Waals surface area contributed by atoms with Crippen LogP contribution in [0.5, 0.6) is 0 Å². The number of hydrogen-bond donors (Lipinski definition) is 2. The van der Waals surface area contributed by atoms with E-state index in [0.29, 0.717) is 4.47 Å². The summed E-state index contributed by atoms with van der Waals surface area (Å²) in [5, 5.41) is 9.25. The maximum atomic E-state index is 13.2. The van der Waals surface area contributed by atoms with Gasteiger partial charge in [0.15, 0.2) is 0 Å². The summed E-state index contributed by atoms with van der Waals surface area (Å²) in [6, 6.07) is 4.74. The van der Waals surface area contributed by atoms with Gasteiger partial charge in [-0.15, -0.1) is 0 Å². The highest BCUT2D eigenvalue weighted by Gasteiger charge is 2.12. The molecule has 0 saturated heterocycles. The average Bonchev–Trinajstić information content (AvgIpc) is 2.08. The van der Waals surface area contributed by atoms with Gasteiger partial charge in [-0.05, 0) is 22.0 Å². The number of halogens is 2. The van der Waals surface area contributed by atoms with E-state index in [-0.39, 0.29) is 12.1 Å². The molecule has 1 aromatic rings. The van der Waals surface area contributed by atoms with E-state index in [0.717, 1.165) is 0 Å². The Bertz CT molecular complexity index is 280. The molecule has 3 N–H and O–H groups in total. The second-order valence-corrected chi connectivity index (χ2v) is 3.25. The van der Waals surface area contributed by atoms with Crippen LogP contribution in [0.1, 0.15) is 11.7 Å². The molecule has 0 aliphatic carbocycles. The van der Waals surface area contributed by atoms with Crippen molar-refractivity contribution in [1.29, 1.82) is 0 Å². The van der Waals surface area contributed by atoms with E-state index < -0.39 is 11.9 Å². The molecule has 1 aromatic carbocycles. The first-order valence-corrected chi connectivity index (χ1v) is 4.28. The fourth-order valence-electron chi connectivity index (χ4n) is 0.905. The van der Waals surface area contributed by atoms with Gasteiger partial charge in [0.05, 0.1) is 10.6 Å². The summed E-state index contributed by atoms with van der Waals surface area (Å²) in [4.78, 5) is 0. The zero-order valence-corrected chi connectivity index (χ0v) is 7.88. The van der Waals surface area contributed by atoms with Gasteiger partial charge in [0, 0.05) is 12.1 Å². The van der Waals surface area contributed by atoms with Crippen LogP contribution in [0.15, 0.2) is 22.7 Å². The highest BCUT2D eigenvalue weighted by atomic mass is 79.9. The van der Waals surface area contributed by atoms with Crippen LogP contribution in [0.3, 0.4) is 0 Å². The third-order valence-electron chi connectivity index (χ3n) is 1.56. The van der Waals surface area contributed by atoms with Crippen molar-refractivity contribution in [3.8, 4) is 0 Å². The zero-order chi connectivity index (χ0) is 9.14. The van der Waals surface area contributed by atoms with Crippen molar-refractivity contribution in [2.24, 2.45) is 5.73 Å². The third-order valence-corrected chi connectivity index (χ3v) is 2.18. The van der Waals surface area contributed by atoms with Crippen molar-refractivity contribution < 1.29 is 9.50 Å². The molecule has 12 heavy (non-hydrogen) atoms. The van der Waals surface area contributed by atoms with Gasteiger partial charge in [0.2, 0.25) is 0 Å². The summed E-state index contributed by atoms with van der Waals surface area (Å²) in [5.74, 6) is -0.449. The molecule has 0 spiro atoms. The Hall–Kier alpha value is -0.450. The summed E-state index contributed by atoms with van der Waals surface area (Å²) < 4.78 is 13.5. The fraction of sp³-hybridized carbons (Fsp3) is 0.250. The predicted molar refractivity (Wildman–Crippen MR) is 48.1 cm³/mol. The zero-order valence-electron chi connectivity index (χ0n) is 6.30. The molecule has 1 atom stereocenters. The maximum Gasteiger partial charge on any atom is 0.143 e. The molecule has 0 saturated carbocycles. The fourth-order valence-corrected chi connectivity index (χ4v) is 1.29. The topological polar surface area (TPSA) is 46.2 Å². The predicted octanol–water partition coefficient (Wildman–Crippen LogP) is 1.58. The molecule has 0 aromatic heterocycles. The van der Waals surface area contributed by atoms with Crippen LogP contribution < -0.4 is 5.73 Å². The number of aliphatic hydroxyl groups is 1. The molecule has 66 valence electrons. The Balaban J connectivity index is 3.07. The van der Waals surface area contributed by atoms with Crippen LogP contribution in [0.4, 0.5) is 4.39 Å². The molecular weight excluding hydrogens is 225 g/mol. The van der Waals surface area contributed by atoms with Crippen molar-refractivity contribution in [3.63, 3.8) is 0 Å². The number of nitrogens with two attached hydrogens (primary N) is 1. The van der Waals surface area contributed by atoms with E-state index in [4.69, 9.17) is 5.73 Å². The SMILES string of the molecule is NC[C@@H](O)c1cccc(Br)c1F. The first-order chi connectivity index (χ1) is 5.66. The maximum absolute atomic E-state index is 13.2. The minimum absolute atomic E-state index is 0.0212. The largest absolute Gasteiger partial charge is 0.387 e. The van der Waals surface area contributed by atoms with Gasteiger partial charge in [-0.2, -0.15) is 0 Å². The van der Waals surface area contributed by atoms with E-state index in [1.165, 1.54) is 6.07 Å². The molecule has 1 rings (SSSR count). The summed E-state index contributed by atoms with van der Waals surface area (Å²) in [6.07, 6.45) is -0.928. The molecule has 0 bridgehead atoms. The third kappa shape index (κ3) is 1.83.